The van der Waals surface area contributed by atoms with Crippen LogP contribution in [0.1, 0.15) is 35.2 Å². The minimum atomic E-state index is -0.285. The van der Waals surface area contributed by atoms with Crippen LogP contribution in [0, 0.1) is 0 Å². The molecule has 20 heavy (non-hydrogen) atoms. The molecule has 0 radical (unpaired) electrons. The van der Waals surface area contributed by atoms with E-state index in [1.807, 2.05) is 24.3 Å². The number of esters is 1. The molecule has 3 rings (SSSR count). The highest BCUT2D eigenvalue weighted by atomic mass is 16.5. The van der Waals surface area contributed by atoms with Crippen molar-refractivity contribution in [2.45, 2.75) is 19.3 Å². The zero-order chi connectivity index (χ0) is 13.9. The van der Waals surface area contributed by atoms with Gasteiger partial charge in [0.05, 0.1) is 12.7 Å². The molecule has 3 heteroatoms. The maximum Gasteiger partial charge on any atom is 0.337 e. The summed E-state index contributed by atoms with van der Waals surface area (Å²) in [5.74, 6) is -0.285. The van der Waals surface area contributed by atoms with Crippen molar-refractivity contribution in [1.82, 2.24) is 4.90 Å². The minimum Gasteiger partial charge on any atom is -0.465 e. The second-order valence-corrected chi connectivity index (χ2v) is 5.19. The number of carbonyl (C=O) groups is 1. The van der Waals surface area contributed by atoms with E-state index < -0.39 is 0 Å². The average molecular weight is 269 g/mol. The molecule has 0 aliphatic carbocycles. The summed E-state index contributed by atoms with van der Waals surface area (Å²) in [6.07, 6.45) is 8.14. The zero-order valence-electron chi connectivity index (χ0n) is 11.8. The molecule has 3 nitrogen and oxygen atoms in total. The van der Waals surface area contributed by atoms with Crippen LogP contribution in [-0.2, 0) is 4.74 Å². The van der Waals surface area contributed by atoms with Crippen LogP contribution >= 0.6 is 0 Å². The van der Waals surface area contributed by atoms with Crippen LogP contribution in [0.3, 0.4) is 0 Å². The number of nitrogens with zero attached hydrogens (tertiary/aromatic N) is 1. The van der Waals surface area contributed by atoms with Crippen molar-refractivity contribution in [2.75, 3.05) is 20.2 Å². The van der Waals surface area contributed by atoms with E-state index in [-0.39, 0.29) is 5.97 Å². The SMILES string of the molecule is COC(=O)c1ccc(C2=CCCN3CCCC=C23)cc1. The summed E-state index contributed by atoms with van der Waals surface area (Å²) in [7, 11) is 1.41. The number of allylic oxidation sites excluding steroid dienone is 2. The van der Waals surface area contributed by atoms with E-state index in [1.54, 1.807) is 0 Å². The van der Waals surface area contributed by atoms with E-state index in [2.05, 4.69) is 17.1 Å². The van der Waals surface area contributed by atoms with Crippen LogP contribution in [0.2, 0.25) is 0 Å². The molecule has 1 aromatic rings. The third kappa shape index (κ3) is 2.36. The van der Waals surface area contributed by atoms with Crippen molar-refractivity contribution in [3.8, 4) is 0 Å². The number of fused-ring (bicyclic) bond motifs is 1. The predicted molar refractivity (Wildman–Crippen MR) is 79.3 cm³/mol. The summed E-state index contributed by atoms with van der Waals surface area (Å²) in [4.78, 5) is 13.9. The second-order valence-electron chi connectivity index (χ2n) is 5.19. The quantitative estimate of drug-likeness (QED) is 0.772. The van der Waals surface area contributed by atoms with Crippen LogP contribution in [0.25, 0.3) is 5.57 Å². The lowest BCUT2D eigenvalue weighted by Crippen LogP contribution is -2.30. The highest BCUT2D eigenvalue weighted by Gasteiger charge is 2.21. The van der Waals surface area contributed by atoms with Crippen molar-refractivity contribution in [3.05, 3.63) is 53.2 Å². The fraction of sp³-hybridized carbons (Fsp3) is 0.353. The molecule has 2 aliphatic rings. The van der Waals surface area contributed by atoms with Gasteiger partial charge in [0.1, 0.15) is 0 Å². The number of rotatable bonds is 2. The highest BCUT2D eigenvalue weighted by Crippen LogP contribution is 2.33. The Labute approximate surface area is 119 Å². The molecule has 0 spiro atoms. The Morgan fingerprint density at radius 2 is 1.90 bits per heavy atom. The van der Waals surface area contributed by atoms with Gasteiger partial charge in [-0.1, -0.05) is 24.3 Å². The summed E-state index contributed by atoms with van der Waals surface area (Å²) < 4.78 is 4.73. The van der Waals surface area contributed by atoms with Crippen molar-refractivity contribution < 1.29 is 9.53 Å². The van der Waals surface area contributed by atoms with Gasteiger partial charge in [0.15, 0.2) is 0 Å². The van der Waals surface area contributed by atoms with Gasteiger partial charge >= 0.3 is 5.97 Å². The number of benzene rings is 1. The van der Waals surface area contributed by atoms with Gasteiger partial charge in [0.2, 0.25) is 0 Å². The molecule has 0 aromatic heterocycles. The first-order valence-corrected chi connectivity index (χ1v) is 7.14. The molecule has 0 saturated carbocycles. The van der Waals surface area contributed by atoms with E-state index in [0.29, 0.717) is 5.56 Å². The van der Waals surface area contributed by atoms with Gasteiger partial charge in [0, 0.05) is 24.4 Å². The van der Waals surface area contributed by atoms with E-state index in [4.69, 9.17) is 4.74 Å². The summed E-state index contributed by atoms with van der Waals surface area (Å²) in [5.41, 5.74) is 4.43. The molecule has 0 fully saturated rings. The van der Waals surface area contributed by atoms with Gasteiger partial charge in [0.25, 0.3) is 0 Å². The molecule has 0 unspecified atom stereocenters. The van der Waals surface area contributed by atoms with E-state index in [9.17, 15) is 4.79 Å². The van der Waals surface area contributed by atoms with Gasteiger partial charge in [-0.3, -0.25) is 0 Å². The third-order valence-electron chi connectivity index (χ3n) is 3.95. The summed E-state index contributed by atoms with van der Waals surface area (Å²) in [5, 5.41) is 0. The summed E-state index contributed by atoms with van der Waals surface area (Å²) >= 11 is 0. The Morgan fingerprint density at radius 3 is 2.65 bits per heavy atom. The normalized spacial score (nSPS) is 17.9. The van der Waals surface area contributed by atoms with Gasteiger partial charge in [-0.25, -0.2) is 4.79 Å². The topological polar surface area (TPSA) is 29.5 Å². The molecule has 2 aliphatic heterocycles. The number of carbonyl (C=O) groups excluding carboxylic acids is 1. The molecular formula is C17H19NO2. The summed E-state index contributed by atoms with van der Waals surface area (Å²) in [6, 6.07) is 7.70. The van der Waals surface area contributed by atoms with Gasteiger partial charge < -0.3 is 9.64 Å². The van der Waals surface area contributed by atoms with Crippen molar-refractivity contribution in [3.63, 3.8) is 0 Å². The second kappa shape index (κ2) is 5.53. The first kappa shape index (κ1) is 13.0. The van der Waals surface area contributed by atoms with E-state index >= 15 is 0 Å². The zero-order valence-corrected chi connectivity index (χ0v) is 11.8. The molecule has 104 valence electrons. The maximum atomic E-state index is 11.5. The molecule has 0 atom stereocenters. The van der Waals surface area contributed by atoms with Crippen LogP contribution < -0.4 is 0 Å². The van der Waals surface area contributed by atoms with Gasteiger partial charge in [-0.15, -0.1) is 0 Å². The lowest BCUT2D eigenvalue weighted by molar-refractivity contribution is 0.0600. The monoisotopic (exact) mass is 269 g/mol. The first-order valence-electron chi connectivity index (χ1n) is 7.14. The van der Waals surface area contributed by atoms with E-state index in [1.165, 1.54) is 30.4 Å². The minimum absolute atomic E-state index is 0.285. The Balaban J connectivity index is 1.90. The Kier molecular flexibility index (Phi) is 3.59. The maximum absolute atomic E-state index is 11.5. The highest BCUT2D eigenvalue weighted by molar-refractivity contribution is 5.90. The fourth-order valence-corrected chi connectivity index (χ4v) is 2.92. The van der Waals surface area contributed by atoms with Crippen LogP contribution in [0.15, 0.2) is 42.1 Å². The van der Waals surface area contributed by atoms with E-state index in [0.717, 1.165) is 25.9 Å². The average Bonchev–Trinajstić information content (AvgIpc) is 2.54. The van der Waals surface area contributed by atoms with Crippen molar-refractivity contribution >= 4 is 11.5 Å². The lowest BCUT2D eigenvalue weighted by atomic mass is 9.93. The molecule has 2 heterocycles. The van der Waals surface area contributed by atoms with Crippen molar-refractivity contribution in [2.24, 2.45) is 0 Å². The largest absolute Gasteiger partial charge is 0.465 e. The van der Waals surface area contributed by atoms with Gasteiger partial charge in [-0.2, -0.15) is 0 Å². The smallest absolute Gasteiger partial charge is 0.337 e. The molecule has 0 bridgehead atoms. The standard InChI is InChI=1S/C17H19NO2/c1-20-17(19)14-9-7-13(8-10-14)15-5-4-12-18-11-3-2-6-16(15)18/h5-10H,2-4,11-12H2,1H3. The van der Waals surface area contributed by atoms with Crippen LogP contribution in [-0.4, -0.2) is 31.1 Å². The molecule has 0 amide bonds. The molecule has 0 N–H and O–H groups in total. The number of hydrogen-bond donors (Lipinski definition) is 0. The number of methoxy groups -OCH3 is 1. The number of hydrogen-bond acceptors (Lipinski definition) is 3. The van der Waals surface area contributed by atoms with Gasteiger partial charge in [-0.05, 0) is 37.0 Å². The molecule has 0 saturated heterocycles. The van der Waals surface area contributed by atoms with Crippen LogP contribution in [0.5, 0.6) is 0 Å². The first-order chi connectivity index (χ1) is 9.79. The Bertz CT molecular complexity index is 569. The third-order valence-corrected chi connectivity index (χ3v) is 3.95. The Morgan fingerprint density at radius 1 is 1.10 bits per heavy atom. The lowest BCUT2D eigenvalue weighted by Gasteiger charge is -2.35. The van der Waals surface area contributed by atoms with Crippen LogP contribution in [0.4, 0.5) is 0 Å². The molecular weight excluding hydrogens is 250 g/mol. The van der Waals surface area contributed by atoms with Crippen molar-refractivity contribution in [1.29, 1.82) is 0 Å². The Hall–Kier alpha value is -2.03. The fourth-order valence-electron chi connectivity index (χ4n) is 2.92. The predicted octanol–water partition coefficient (Wildman–Crippen LogP) is 3.24. The number of ether oxygens (including phenoxy) is 1. The summed E-state index contributed by atoms with van der Waals surface area (Å²) in [6.45, 7) is 2.28. The molecule has 1 aromatic carbocycles.